The van der Waals surface area contributed by atoms with E-state index in [1.807, 2.05) is 72.8 Å². The lowest BCUT2D eigenvalue weighted by Gasteiger charge is -2.25. The van der Waals surface area contributed by atoms with Gasteiger partial charge in [0.1, 0.15) is 18.1 Å². The van der Waals surface area contributed by atoms with Crippen LogP contribution in [0.2, 0.25) is 0 Å². The SMILES string of the molecule is CC(=O)N[C@H](Cc1ccccc1)C(=O)N[C@@H](CCCN=C(N)N)C(=O)N[C@@H](Cc1ccc2ccccc2c1)C(N)=O.Cl. The number of carbonyl (C=O) groups excluding carboxylic acids is 4. The number of hydrogen-bond acceptors (Lipinski definition) is 5. The molecule has 0 saturated heterocycles. The zero-order valence-electron chi connectivity index (χ0n) is 23.4. The number of fused-ring (bicyclic) bond motifs is 1. The number of nitrogens with zero attached hydrogens (tertiary/aromatic N) is 1. The van der Waals surface area contributed by atoms with Crippen molar-refractivity contribution in [3.05, 3.63) is 83.9 Å². The van der Waals surface area contributed by atoms with Gasteiger partial charge in [-0.05, 0) is 34.7 Å². The molecule has 0 spiro atoms. The number of rotatable bonds is 14. The first-order valence-corrected chi connectivity index (χ1v) is 13.4. The van der Waals surface area contributed by atoms with Gasteiger partial charge in [0.2, 0.25) is 23.6 Å². The maximum atomic E-state index is 13.4. The molecule has 0 aliphatic carbocycles. The van der Waals surface area contributed by atoms with Crippen molar-refractivity contribution in [1.29, 1.82) is 0 Å². The van der Waals surface area contributed by atoms with E-state index in [4.69, 9.17) is 17.2 Å². The molecule has 42 heavy (non-hydrogen) atoms. The molecular formula is C30H38ClN7O4. The van der Waals surface area contributed by atoms with Gasteiger partial charge < -0.3 is 33.2 Å². The minimum atomic E-state index is -1.04. The number of guanidine groups is 1. The van der Waals surface area contributed by atoms with Crippen molar-refractivity contribution in [2.75, 3.05) is 6.54 Å². The molecule has 3 atom stereocenters. The highest BCUT2D eigenvalue weighted by Crippen LogP contribution is 2.17. The molecule has 3 aromatic rings. The number of amides is 4. The van der Waals surface area contributed by atoms with E-state index in [0.717, 1.165) is 21.9 Å². The summed E-state index contributed by atoms with van der Waals surface area (Å²) in [6.45, 7) is 1.55. The van der Waals surface area contributed by atoms with Crippen LogP contribution in [-0.2, 0) is 32.0 Å². The molecule has 0 heterocycles. The molecule has 3 rings (SSSR count). The minimum absolute atomic E-state index is 0. The van der Waals surface area contributed by atoms with Crippen molar-refractivity contribution in [3.63, 3.8) is 0 Å². The second kappa shape index (κ2) is 16.6. The fourth-order valence-corrected chi connectivity index (χ4v) is 4.45. The first-order chi connectivity index (χ1) is 19.6. The fourth-order valence-electron chi connectivity index (χ4n) is 4.45. The molecule has 11 nitrogen and oxygen atoms in total. The second-order valence-electron chi connectivity index (χ2n) is 9.80. The predicted molar refractivity (Wildman–Crippen MR) is 166 cm³/mol. The van der Waals surface area contributed by atoms with E-state index < -0.39 is 35.8 Å². The molecule has 0 aromatic heterocycles. The summed E-state index contributed by atoms with van der Waals surface area (Å²) in [6.07, 6.45) is 0.934. The van der Waals surface area contributed by atoms with E-state index in [2.05, 4.69) is 20.9 Å². The third-order valence-electron chi connectivity index (χ3n) is 6.47. The van der Waals surface area contributed by atoms with Gasteiger partial charge in [0.05, 0.1) is 0 Å². The summed E-state index contributed by atoms with van der Waals surface area (Å²) in [7, 11) is 0. The van der Waals surface area contributed by atoms with E-state index in [1.165, 1.54) is 6.92 Å². The van der Waals surface area contributed by atoms with E-state index in [-0.39, 0.29) is 50.1 Å². The van der Waals surface area contributed by atoms with Crippen LogP contribution in [0.4, 0.5) is 0 Å². The molecule has 12 heteroatoms. The second-order valence-corrected chi connectivity index (χ2v) is 9.80. The molecule has 0 bridgehead atoms. The quantitative estimate of drug-likeness (QED) is 0.0915. The normalized spacial score (nSPS) is 12.6. The number of hydrogen-bond donors (Lipinski definition) is 6. The third-order valence-corrected chi connectivity index (χ3v) is 6.47. The van der Waals surface area contributed by atoms with Crippen LogP contribution >= 0.6 is 12.4 Å². The maximum absolute atomic E-state index is 13.4. The van der Waals surface area contributed by atoms with Crippen molar-refractivity contribution in [1.82, 2.24) is 16.0 Å². The van der Waals surface area contributed by atoms with Gasteiger partial charge in [-0.2, -0.15) is 0 Å². The summed E-state index contributed by atoms with van der Waals surface area (Å²) < 4.78 is 0. The van der Waals surface area contributed by atoms with Crippen molar-refractivity contribution >= 4 is 52.8 Å². The van der Waals surface area contributed by atoms with Gasteiger partial charge in [0, 0.05) is 26.3 Å². The smallest absolute Gasteiger partial charge is 0.243 e. The third kappa shape index (κ3) is 10.7. The van der Waals surface area contributed by atoms with Crippen molar-refractivity contribution in [3.8, 4) is 0 Å². The number of nitrogens with one attached hydrogen (secondary N) is 3. The Morgan fingerprint density at radius 1 is 0.714 bits per heavy atom. The molecule has 224 valence electrons. The standard InChI is InChI=1S/C30H37N7O4.ClH/c1-19(38)35-26(17-20-8-3-2-4-9-20)29(41)36-24(12-7-15-34-30(32)33)28(40)37-25(27(31)39)18-21-13-14-22-10-5-6-11-23(22)16-21;/h2-6,8-11,13-14,16,24-26H,7,12,15,17-18H2,1H3,(H2,31,39)(H,35,38)(H,36,41)(H,37,40)(H4,32,33,34);1H/t24-,25-,26+;/m0./s1. The number of carbonyl (C=O) groups is 4. The molecule has 0 saturated carbocycles. The van der Waals surface area contributed by atoms with Crippen LogP contribution in [0.15, 0.2) is 77.8 Å². The van der Waals surface area contributed by atoms with Gasteiger partial charge in [-0.25, -0.2) is 0 Å². The van der Waals surface area contributed by atoms with Gasteiger partial charge in [0.15, 0.2) is 5.96 Å². The van der Waals surface area contributed by atoms with Crippen LogP contribution in [0, 0.1) is 0 Å². The average Bonchev–Trinajstić information content (AvgIpc) is 2.93. The highest BCUT2D eigenvalue weighted by Gasteiger charge is 2.29. The Morgan fingerprint density at radius 3 is 1.95 bits per heavy atom. The minimum Gasteiger partial charge on any atom is -0.370 e. The zero-order valence-corrected chi connectivity index (χ0v) is 24.2. The lowest BCUT2D eigenvalue weighted by atomic mass is 10.0. The molecule has 9 N–H and O–H groups in total. The molecule has 4 amide bonds. The Morgan fingerprint density at radius 2 is 1.31 bits per heavy atom. The van der Waals surface area contributed by atoms with Crippen LogP contribution < -0.4 is 33.2 Å². The molecule has 0 unspecified atom stereocenters. The van der Waals surface area contributed by atoms with Crippen LogP contribution in [0.5, 0.6) is 0 Å². The summed E-state index contributed by atoms with van der Waals surface area (Å²) >= 11 is 0. The first kappa shape index (κ1) is 33.6. The highest BCUT2D eigenvalue weighted by molar-refractivity contribution is 5.94. The van der Waals surface area contributed by atoms with Crippen LogP contribution in [0.3, 0.4) is 0 Å². The lowest BCUT2D eigenvalue weighted by Crippen LogP contribution is -2.57. The summed E-state index contributed by atoms with van der Waals surface area (Å²) in [4.78, 5) is 54.9. The fraction of sp³-hybridized carbons (Fsp3) is 0.300. The Labute approximate surface area is 251 Å². The molecule has 0 fully saturated rings. The van der Waals surface area contributed by atoms with Gasteiger partial charge in [-0.15, -0.1) is 12.4 Å². The Balaban J connectivity index is 0.00000616. The number of halogens is 1. The Hall–Kier alpha value is -4.64. The van der Waals surface area contributed by atoms with Gasteiger partial charge >= 0.3 is 0 Å². The first-order valence-electron chi connectivity index (χ1n) is 13.4. The number of nitrogens with two attached hydrogens (primary N) is 3. The van der Waals surface area contributed by atoms with Crippen LogP contribution in [0.25, 0.3) is 10.8 Å². The topological polar surface area (TPSA) is 195 Å². The van der Waals surface area contributed by atoms with E-state index in [9.17, 15) is 19.2 Å². The van der Waals surface area contributed by atoms with Gasteiger partial charge in [-0.3, -0.25) is 24.2 Å². The van der Waals surface area contributed by atoms with Crippen molar-refractivity contribution in [2.45, 2.75) is 50.7 Å². The van der Waals surface area contributed by atoms with Crippen molar-refractivity contribution < 1.29 is 19.2 Å². The summed E-state index contributed by atoms with van der Waals surface area (Å²) in [5.74, 6) is -2.32. The number of aliphatic imine (C=N–C) groups is 1. The summed E-state index contributed by atoms with van der Waals surface area (Å²) in [5.41, 5.74) is 18.1. The predicted octanol–water partition coefficient (Wildman–Crippen LogP) is 1.06. The zero-order chi connectivity index (χ0) is 29.8. The van der Waals surface area contributed by atoms with Crippen molar-refractivity contribution in [2.24, 2.45) is 22.2 Å². The molecular weight excluding hydrogens is 558 g/mol. The van der Waals surface area contributed by atoms with E-state index in [1.54, 1.807) is 0 Å². The van der Waals surface area contributed by atoms with Crippen LogP contribution in [0.1, 0.15) is 30.9 Å². The monoisotopic (exact) mass is 595 g/mol. The molecule has 3 aromatic carbocycles. The van der Waals surface area contributed by atoms with E-state index in [0.29, 0.717) is 6.42 Å². The molecule has 0 aliphatic rings. The Kier molecular flexibility index (Phi) is 13.3. The number of benzene rings is 3. The molecule has 0 radical (unpaired) electrons. The number of primary amides is 1. The maximum Gasteiger partial charge on any atom is 0.243 e. The van der Waals surface area contributed by atoms with Crippen LogP contribution in [-0.4, -0.2) is 54.3 Å². The summed E-state index contributed by atoms with van der Waals surface area (Å²) in [5, 5.41) is 10.1. The molecule has 0 aliphatic heterocycles. The largest absolute Gasteiger partial charge is 0.370 e. The van der Waals surface area contributed by atoms with E-state index >= 15 is 0 Å². The Bertz CT molecular complexity index is 1400. The van der Waals surface area contributed by atoms with Gasteiger partial charge in [-0.1, -0.05) is 72.8 Å². The lowest BCUT2D eigenvalue weighted by molar-refractivity contribution is -0.133. The highest BCUT2D eigenvalue weighted by atomic mass is 35.5. The average molecular weight is 596 g/mol. The van der Waals surface area contributed by atoms with Gasteiger partial charge in [0.25, 0.3) is 0 Å². The summed E-state index contributed by atoms with van der Waals surface area (Å²) in [6, 6.07) is 19.8.